The lowest BCUT2D eigenvalue weighted by atomic mass is 10.0. The summed E-state index contributed by atoms with van der Waals surface area (Å²) in [6.07, 6.45) is 2.59. The topological polar surface area (TPSA) is 49.4 Å². The van der Waals surface area contributed by atoms with Gasteiger partial charge in [-0.05, 0) is 36.8 Å². The fourth-order valence-corrected chi connectivity index (χ4v) is 3.20. The average molecular weight is 330 g/mol. The lowest BCUT2D eigenvalue weighted by Crippen LogP contribution is -2.34. The van der Waals surface area contributed by atoms with E-state index in [4.69, 9.17) is 0 Å². The van der Waals surface area contributed by atoms with Crippen LogP contribution in [0.25, 0.3) is 0 Å². The zero-order valence-electron chi connectivity index (χ0n) is 15.3. The van der Waals surface area contributed by atoms with Crippen molar-refractivity contribution < 1.29 is 9.59 Å². The van der Waals surface area contributed by atoms with Gasteiger partial charge in [0.15, 0.2) is 0 Å². The van der Waals surface area contributed by atoms with Gasteiger partial charge in [0, 0.05) is 18.8 Å². The fraction of sp³-hybridized carbons (Fsp3) is 0.600. The summed E-state index contributed by atoms with van der Waals surface area (Å²) < 4.78 is 0. The van der Waals surface area contributed by atoms with Crippen LogP contribution in [0, 0.1) is 11.8 Å². The molecule has 0 aromatic heterocycles. The van der Waals surface area contributed by atoms with E-state index in [1.165, 1.54) is 0 Å². The van der Waals surface area contributed by atoms with Gasteiger partial charge < -0.3 is 10.2 Å². The van der Waals surface area contributed by atoms with Gasteiger partial charge in [0.1, 0.15) is 0 Å². The molecule has 1 aromatic rings. The van der Waals surface area contributed by atoms with E-state index in [2.05, 4.69) is 33.0 Å². The third-order valence-electron chi connectivity index (χ3n) is 4.58. The molecule has 0 saturated heterocycles. The monoisotopic (exact) mass is 330 g/mol. The zero-order chi connectivity index (χ0) is 17.7. The number of hydrogen-bond donors (Lipinski definition) is 1. The standard InChI is InChI=1S/C20H30N2O2/c1-5-11-22(12-6-2)20(24)17-13-16(17)19(23)21-18-10-8-7-9-15(18)14(3)4/h7-10,14,16-17H,5-6,11-13H2,1-4H3,(H,21,23). The molecule has 0 bridgehead atoms. The van der Waals surface area contributed by atoms with Crippen molar-refractivity contribution in [3.05, 3.63) is 29.8 Å². The van der Waals surface area contributed by atoms with Crippen molar-refractivity contribution in [3.8, 4) is 0 Å². The van der Waals surface area contributed by atoms with E-state index >= 15 is 0 Å². The van der Waals surface area contributed by atoms with E-state index in [1.54, 1.807) is 0 Å². The molecule has 2 unspecified atom stereocenters. The molecule has 1 aliphatic rings. The summed E-state index contributed by atoms with van der Waals surface area (Å²) >= 11 is 0. The van der Waals surface area contributed by atoms with E-state index in [0.29, 0.717) is 12.3 Å². The molecule has 132 valence electrons. The summed E-state index contributed by atoms with van der Waals surface area (Å²) in [7, 11) is 0. The Morgan fingerprint density at radius 3 is 2.33 bits per heavy atom. The third-order valence-corrected chi connectivity index (χ3v) is 4.58. The van der Waals surface area contributed by atoms with Crippen molar-refractivity contribution in [2.24, 2.45) is 11.8 Å². The molecule has 4 nitrogen and oxygen atoms in total. The van der Waals surface area contributed by atoms with E-state index in [0.717, 1.165) is 37.2 Å². The highest BCUT2D eigenvalue weighted by Crippen LogP contribution is 2.41. The van der Waals surface area contributed by atoms with Gasteiger partial charge in [-0.2, -0.15) is 0 Å². The Hall–Kier alpha value is -1.84. The molecule has 0 aliphatic heterocycles. The molecular formula is C20H30N2O2. The minimum Gasteiger partial charge on any atom is -0.342 e. The van der Waals surface area contributed by atoms with Crippen molar-refractivity contribution in [3.63, 3.8) is 0 Å². The fourth-order valence-electron chi connectivity index (χ4n) is 3.20. The molecular weight excluding hydrogens is 300 g/mol. The predicted octanol–water partition coefficient (Wildman–Crippen LogP) is 4.03. The third kappa shape index (κ3) is 4.37. The normalized spacial score (nSPS) is 19.2. The van der Waals surface area contributed by atoms with Crippen LogP contribution < -0.4 is 5.32 Å². The van der Waals surface area contributed by atoms with Crippen LogP contribution in [0.5, 0.6) is 0 Å². The van der Waals surface area contributed by atoms with Crippen molar-refractivity contribution in [2.45, 2.75) is 52.9 Å². The number of nitrogens with zero attached hydrogens (tertiary/aromatic N) is 1. The van der Waals surface area contributed by atoms with Gasteiger partial charge in [0.25, 0.3) is 0 Å². The van der Waals surface area contributed by atoms with Gasteiger partial charge in [-0.15, -0.1) is 0 Å². The van der Waals surface area contributed by atoms with Crippen LogP contribution in [0.3, 0.4) is 0 Å². The number of nitrogens with one attached hydrogen (secondary N) is 1. The number of carbonyl (C=O) groups is 2. The molecule has 0 heterocycles. The number of amides is 2. The SMILES string of the molecule is CCCN(CCC)C(=O)C1CC1C(=O)Nc1ccccc1C(C)C. The summed E-state index contributed by atoms with van der Waals surface area (Å²) in [5.74, 6) is 0.177. The largest absolute Gasteiger partial charge is 0.342 e. The minimum atomic E-state index is -0.172. The highest BCUT2D eigenvalue weighted by molar-refractivity contribution is 6.00. The Balaban J connectivity index is 1.97. The first-order valence-electron chi connectivity index (χ1n) is 9.18. The molecule has 1 fully saturated rings. The second-order valence-corrected chi connectivity index (χ2v) is 7.01. The van der Waals surface area contributed by atoms with Gasteiger partial charge >= 0.3 is 0 Å². The van der Waals surface area contributed by atoms with Gasteiger partial charge in [0.05, 0.1) is 11.8 Å². The number of carbonyl (C=O) groups excluding carboxylic acids is 2. The van der Waals surface area contributed by atoms with Crippen LogP contribution in [0.1, 0.15) is 58.4 Å². The number of benzene rings is 1. The predicted molar refractivity (Wildman–Crippen MR) is 97.9 cm³/mol. The van der Waals surface area contributed by atoms with E-state index < -0.39 is 0 Å². The summed E-state index contributed by atoms with van der Waals surface area (Å²) in [4.78, 5) is 27.0. The molecule has 2 rings (SSSR count). The summed E-state index contributed by atoms with van der Waals surface area (Å²) in [6, 6.07) is 7.90. The Kier molecular flexibility index (Phi) is 6.41. The second kappa shape index (κ2) is 8.32. The summed E-state index contributed by atoms with van der Waals surface area (Å²) in [5.41, 5.74) is 2.00. The second-order valence-electron chi connectivity index (χ2n) is 7.01. The Morgan fingerprint density at radius 1 is 1.12 bits per heavy atom. The molecule has 1 aromatic carbocycles. The van der Waals surface area contributed by atoms with Gasteiger partial charge in [0.2, 0.25) is 11.8 Å². The first kappa shape index (κ1) is 18.5. The highest BCUT2D eigenvalue weighted by atomic mass is 16.2. The van der Waals surface area contributed by atoms with Gasteiger partial charge in [-0.1, -0.05) is 45.9 Å². The van der Waals surface area contributed by atoms with Crippen LogP contribution in [0.2, 0.25) is 0 Å². The molecule has 1 aliphatic carbocycles. The summed E-state index contributed by atoms with van der Waals surface area (Å²) in [6.45, 7) is 9.96. The smallest absolute Gasteiger partial charge is 0.228 e. The first-order chi connectivity index (χ1) is 11.5. The minimum absolute atomic E-state index is 0.0191. The maximum absolute atomic E-state index is 12.6. The summed E-state index contributed by atoms with van der Waals surface area (Å²) in [5, 5.41) is 3.03. The van der Waals surface area contributed by atoms with Crippen LogP contribution in [0.4, 0.5) is 5.69 Å². The molecule has 2 atom stereocenters. The maximum Gasteiger partial charge on any atom is 0.228 e. The molecule has 4 heteroatoms. The quantitative estimate of drug-likeness (QED) is 0.782. The Bertz CT molecular complexity index is 577. The lowest BCUT2D eigenvalue weighted by Gasteiger charge is -2.21. The lowest BCUT2D eigenvalue weighted by molar-refractivity contribution is -0.134. The maximum atomic E-state index is 12.6. The number of hydrogen-bond acceptors (Lipinski definition) is 2. The molecule has 24 heavy (non-hydrogen) atoms. The Morgan fingerprint density at radius 2 is 1.75 bits per heavy atom. The van der Waals surface area contributed by atoms with Crippen LogP contribution in [0.15, 0.2) is 24.3 Å². The van der Waals surface area contributed by atoms with Crippen molar-refractivity contribution in [2.75, 3.05) is 18.4 Å². The number of anilines is 1. The van der Waals surface area contributed by atoms with Crippen molar-refractivity contribution in [1.82, 2.24) is 4.90 Å². The number of para-hydroxylation sites is 1. The van der Waals surface area contributed by atoms with Crippen molar-refractivity contribution >= 4 is 17.5 Å². The van der Waals surface area contributed by atoms with Crippen LogP contribution in [-0.2, 0) is 9.59 Å². The van der Waals surface area contributed by atoms with E-state index in [1.807, 2.05) is 29.2 Å². The number of rotatable bonds is 8. The average Bonchev–Trinajstić information content (AvgIpc) is 3.35. The van der Waals surface area contributed by atoms with E-state index in [-0.39, 0.29) is 23.7 Å². The molecule has 1 saturated carbocycles. The van der Waals surface area contributed by atoms with E-state index in [9.17, 15) is 9.59 Å². The van der Waals surface area contributed by atoms with Gasteiger partial charge in [-0.25, -0.2) is 0 Å². The highest BCUT2D eigenvalue weighted by Gasteiger charge is 2.49. The van der Waals surface area contributed by atoms with Crippen LogP contribution in [-0.4, -0.2) is 29.8 Å². The Labute approximate surface area is 145 Å². The molecule has 0 spiro atoms. The first-order valence-corrected chi connectivity index (χ1v) is 9.18. The van der Waals surface area contributed by atoms with Gasteiger partial charge in [-0.3, -0.25) is 9.59 Å². The molecule has 1 N–H and O–H groups in total. The zero-order valence-corrected chi connectivity index (χ0v) is 15.3. The molecule has 0 radical (unpaired) electrons. The van der Waals surface area contributed by atoms with Crippen molar-refractivity contribution in [1.29, 1.82) is 0 Å². The van der Waals surface area contributed by atoms with Crippen LogP contribution >= 0.6 is 0 Å². The molecule has 2 amide bonds.